The van der Waals surface area contributed by atoms with Gasteiger partial charge in [0, 0.05) is 6.04 Å². The van der Waals surface area contributed by atoms with E-state index < -0.39 is 0 Å². The summed E-state index contributed by atoms with van der Waals surface area (Å²) < 4.78 is 0. The number of aryl methyl sites for hydroxylation is 1. The third-order valence-corrected chi connectivity index (χ3v) is 5.02. The molecular weight excluding hydrogens is 254 g/mol. The van der Waals surface area contributed by atoms with Crippen LogP contribution in [0.15, 0.2) is 30.3 Å². The highest BCUT2D eigenvalue weighted by Crippen LogP contribution is 2.20. The van der Waals surface area contributed by atoms with Crippen molar-refractivity contribution >= 4 is 0 Å². The highest BCUT2D eigenvalue weighted by Gasteiger charge is 2.19. The molecule has 21 heavy (non-hydrogen) atoms. The minimum absolute atomic E-state index is 0.899. The Hall–Kier alpha value is -0.820. The summed E-state index contributed by atoms with van der Waals surface area (Å²) in [7, 11) is 2.30. The van der Waals surface area contributed by atoms with Crippen molar-refractivity contribution in [2.75, 3.05) is 13.6 Å². The van der Waals surface area contributed by atoms with Gasteiger partial charge >= 0.3 is 0 Å². The first-order chi connectivity index (χ1) is 10.4. The van der Waals surface area contributed by atoms with Crippen LogP contribution < -0.4 is 0 Å². The topological polar surface area (TPSA) is 3.24 Å². The van der Waals surface area contributed by atoms with Gasteiger partial charge in [-0.1, -0.05) is 68.9 Å². The molecule has 0 aliphatic carbocycles. The van der Waals surface area contributed by atoms with Crippen molar-refractivity contribution in [2.45, 2.75) is 76.7 Å². The average molecular weight is 287 g/mol. The third kappa shape index (κ3) is 6.65. The molecule has 0 bridgehead atoms. The third-order valence-electron chi connectivity index (χ3n) is 5.02. The number of nitrogens with zero attached hydrogens (tertiary/aromatic N) is 1. The largest absolute Gasteiger partial charge is 0.303 e. The lowest BCUT2D eigenvalue weighted by molar-refractivity contribution is 0.289. The molecule has 1 saturated heterocycles. The second-order valence-electron chi connectivity index (χ2n) is 6.78. The molecule has 0 spiro atoms. The lowest BCUT2D eigenvalue weighted by Crippen LogP contribution is -2.24. The fourth-order valence-corrected chi connectivity index (χ4v) is 3.58. The summed E-state index contributed by atoms with van der Waals surface area (Å²) in [5.41, 5.74) is 1.50. The predicted octanol–water partition coefficient (Wildman–Crippen LogP) is 5.44. The van der Waals surface area contributed by atoms with Gasteiger partial charge in [-0.3, -0.25) is 0 Å². The Bertz CT molecular complexity index is 359. The van der Waals surface area contributed by atoms with Crippen molar-refractivity contribution in [3.05, 3.63) is 35.9 Å². The van der Waals surface area contributed by atoms with E-state index in [-0.39, 0.29) is 0 Å². The molecule has 0 radical (unpaired) electrons. The minimum Gasteiger partial charge on any atom is -0.303 e. The Morgan fingerprint density at radius 3 is 2.24 bits per heavy atom. The Kier molecular flexibility index (Phi) is 7.88. The van der Waals surface area contributed by atoms with Gasteiger partial charge in [0.15, 0.2) is 0 Å². The quantitative estimate of drug-likeness (QED) is 0.518. The van der Waals surface area contributed by atoms with Crippen molar-refractivity contribution in [2.24, 2.45) is 0 Å². The Morgan fingerprint density at radius 1 is 0.905 bits per heavy atom. The lowest BCUT2D eigenvalue weighted by atomic mass is 10.0. The van der Waals surface area contributed by atoms with Crippen LogP contribution in [0, 0.1) is 0 Å². The second-order valence-corrected chi connectivity index (χ2v) is 6.78. The Balaban J connectivity index is 1.37. The van der Waals surface area contributed by atoms with E-state index in [0.717, 1.165) is 6.04 Å². The van der Waals surface area contributed by atoms with E-state index in [1.807, 2.05) is 0 Å². The first-order valence-corrected chi connectivity index (χ1v) is 9.10. The summed E-state index contributed by atoms with van der Waals surface area (Å²) in [4.78, 5) is 2.56. The van der Waals surface area contributed by atoms with Crippen LogP contribution in [0.3, 0.4) is 0 Å². The minimum atomic E-state index is 0.899. The van der Waals surface area contributed by atoms with Crippen molar-refractivity contribution < 1.29 is 0 Å². The van der Waals surface area contributed by atoms with E-state index >= 15 is 0 Å². The number of benzene rings is 1. The number of hydrogen-bond acceptors (Lipinski definition) is 1. The fraction of sp³-hybridized carbons (Fsp3) is 0.700. The van der Waals surface area contributed by atoms with Gasteiger partial charge in [0.2, 0.25) is 0 Å². The first kappa shape index (κ1) is 16.5. The maximum atomic E-state index is 2.56. The molecule has 1 aliphatic rings. The molecule has 0 N–H and O–H groups in total. The van der Waals surface area contributed by atoms with Crippen LogP contribution in [0.5, 0.6) is 0 Å². The number of hydrogen-bond donors (Lipinski definition) is 0. The smallest absolute Gasteiger partial charge is 0.00926 e. The number of likely N-dealkylation sites (tertiary alicyclic amines) is 1. The molecule has 0 amide bonds. The standard InChI is InChI=1S/C20H33N/c1-21-18-12-17-20(21)16-11-6-4-2-3-5-8-13-19-14-9-7-10-15-19/h7,9-10,14-15,20H,2-6,8,11-13,16-18H2,1H3/t20-/m0/s1. The average Bonchev–Trinajstić information content (AvgIpc) is 2.92. The molecule has 1 aliphatic heterocycles. The molecule has 118 valence electrons. The predicted molar refractivity (Wildman–Crippen MR) is 92.7 cm³/mol. The monoisotopic (exact) mass is 287 g/mol. The molecule has 1 fully saturated rings. The molecule has 1 aromatic rings. The highest BCUT2D eigenvalue weighted by molar-refractivity contribution is 5.14. The molecule has 1 heterocycles. The zero-order valence-electron chi connectivity index (χ0n) is 13.9. The van der Waals surface area contributed by atoms with Crippen LogP contribution in [-0.4, -0.2) is 24.5 Å². The maximum absolute atomic E-state index is 2.56. The molecule has 0 unspecified atom stereocenters. The van der Waals surface area contributed by atoms with Crippen molar-refractivity contribution in [1.29, 1.82) is 0 Å². The second kappa shape index (κ2) is 10.00. The van der Waals surface area contributed by atoms with E-state index in [1.165, 1.54) is 82.7 Å². The van der Waals surface area contributed by atoms with Crippen molar-refractivity contribution in [1.82, 2.24) is 4.90 Å². The van der Waals surface area contributed by atoms with Gasteiger partial charge < -0.3 is 4.90 Å². The fourth-order valence-electron chi connectivity index (χ4n) is 3.58. The molecule has 2 rings (SSSR count). The number of unbranched alkanes of at least 4 members (excludes halogenated alkanes) is 6. The van der Waals surface area contributed by atoms with Crippen LogP contribution in [0.25, 0.3) is 0 Å². The molecule has 0 saturated carbocycles. The van der Waals surface area contributed by atoms with Crippen LogP contribution in [0.2, 0.25) is 0 Å². The molecule has 1 aromatic carbocycles. The summed E-state index contributed by atoms with van der Waals surface area (Å²) in [6.07, 6.45) is 15.5. The normalized spacial score (nSPS) is 19.2. The van der Waals surface area contributed by atoms with Gasteiger partial charge in [0.25, 0.3) is 0 Å². The maximum Gasteiger partial charge on any atom is 0.00926 e. The van der Waals surface area contributed by atoms with Gasteiger partial charge in [-0.2, -0.15) is 0 Å². The van der Waals surface area contributed by atoms with Crippen LogP contribution in [-0.2, 0) is 6.42 Å². The molecular formula is C20H33N. The molecule has 0 aromatic heterocycles. The van der Waals surface area contributed by atoms with Gasteiger partial charge in [-0.25, -0.2) is 0 Å². The molecule has 1 atom stereocenters. The van der Waals surface area contributed by atoms with E-state index in [0.29, 0.717) is 0 Å². The summed E-state index contributed by atoms with van der Waals surface area (Å²) in [6.45, 7) is 1.33. The zero-order chi connectivity index (χ0) is 14.8. The molecule has 1 heteroatoms. The Labute approximate surface area is 131 Å². The van der Waals surface area contributed by atoms with Crippen LogP contribution in [0.1, 0.15) is 69.8 Å². The number of rotatable bonds is 10. The van der Waals surface area contributed by atoms with E-state index in [9.17, 15) is 0 Å². The Morgan fingerprint density at radius 2 is 1.57 bits per heavy atom. The van der Waals surface area contributed by atoms with Gasteiger partial charge in [0.05, 0.1) is 0 Å². The zero-order valence-corrected chi connectivity index (χ0v) is 13.9. The summed E-state index contributed by atoms with van der Waals surface area (Å²) in [6, 6.07) is 11.8. The lowest BCUT2D eigenvalue weighted by Gasteiger charge is -2.18. The summed E-state index contributed by atoms with van der Waals surface area (Å²) in [5, 5.41) is 0. The van der Waals surface area contributed by atoms with Crippen LogP contribution in [0.4, 0.5) is 0 Å². The van der Waals surface area contributed by atoms with Crippen molar-refractivity contribution in [3.8, 4) is 0 Å². The summed E-state index contributed by atoms with van der Waals surface area (Å²) in [5.74, 6) is 0. The van der Waals surface area contributed by atoms with Gasteiger partial charge in [-0.05, 0) is 51.3 Å². The van der Waals surface area contributed by atoms with Gasteiger partial charge in [-0.15, -0.1) is 0 Å². The van der Waals surface area contributed by atoms with E-state index in [1.54, 1.807) is 0 Å². The van der Waals surface area contributed by atoms with E-state index in [4.69, 9.17) is 0 Å². The van der Waals surface area contributed by atoms with E-state index in [2.05, 4.69) is 42.3 Å². The van der Waals surface area contributed by atoms with Gasteiger partial charge in [0.1, 0.15) is 0 Å². The van der Waals surface area contributed by atoms with Crippen LogP contribution >= 0.6 is 0 Å². The van der Waals surface area contributed by atoms with Crippen molar-refractivity contribution in [3.63, 3.8) is 0 Å². The SMILES string of the molecule is CN1CCC[C@@H]1CCCCCCCCCc1ccccc1. The first-order valence-electron chi connectivity index (χ1n) is 9.10. The summed E-state index contributed by atoms with van der Waals surface area (Å²) >= 11 is 0. The highest BCUT2D eigenvalue weighted by atomic mass is 15.1. The molecule has 1 nitrogen and oxygen atoms in total.